The molecule has 0 unspecified atom stereocenters. The SMILES string of the molecule is C/C=C(C)\C=C/CCC. The van der Waals surface area contributed by atoms with Crippen LogP contribution in [0.15, 0.2) is 23.8 Å². The lowest BCUT2D eigenvalue weighted by molar-refractivity contribution is 0.957. The van der Waals surface area contributed by atoms with Crippen LogP contribution >= 0.6 is 0 Å². The van der Waals surface area contributed by atoms with Crippen LogP contribution in [0.5, 0.6) is 0 Å². The third-order valence-electron chi connectivity index (χ3n) is 1.29. The molecule has 0 aliphatic rings. The topological polar surface area (TPSA) is 0 Å². The molecule has 0 atom stereocenters. The van der Waals surface area contributed by atoms with Crippen molar-refractivity contribution in [3.63, 3.8) is 0 Å². The van der Waals surface area contributed by atoms with Crippen LogP contribution in [0, 0.1) is 0 Å². The van der Waals surface area contributed by atoms with Crippen molar-refractivity contribution in [2.24, 2.45) is 0 Å². The van der Waals surface area contributed by atoms with Crippen LogP contribution in [0.25, 0.3) is 0 Å². The van der Waals surface area contributed by atoms with Crippen LogP contribution in [0.2, 0.25) is 0 Å². The molecule has 0 radical (unpaired) electrons. The van der Waals surface area contributed by atoms with E-state index in [0.717, 1.165) is 0 Å². The summed E-state index contributed by atoms with van der Waals surface area (Å²) in [5.74, 6) is 0. The Bertz CT molecular complexity index is 107. The molecule has 0 aromatic carbocycles. The number of rotatable bonds is 3. The van der Waals surface area contributed by atoms with Crippen molar-refractivity contribution in [1.82, 2.24) is 0 Å². The van der Waals surface area contributed by atoms with Crippen LogP contribution in [0.1, 0.15) is 33.6 Å². The second kappa shape index (κ2) is 5.61. The minimum atomic E-state index is 1.20. The molecule has 0 saturated carbocycles. The Hall–Kier alpha value is -0.520. The van der Waals surface area contributed by atoms with Crippen LogP contribution in [0.3, 0.4) is 0 Å². The van der Waals surface area contributed by atoms with Gasteiger partial charge in [0.25, 0.3) is 0 Å². The van der Waals surface area contributed by atoms with E-state index in [1.54, 1.807) is 0 Å². The van der Waals surface area contributed by atoms with Gasteiger partial charge in [-0.1, -0.05) is 37.1 Å². The molecule has 9 heavy (non-hydrogen) atoms. The lowest BCUT2D eigenvalue weighted by Crippen LogP contribution is -1.65. The minimum absolute atomic E-state index is 1.20. The summed E-state index contributed by atoms with van der Waals surface area (Å²) in [6, 6.07) is 0. The molecule has 0 aromatic rings. The van der Waals surface area contributed by atoms with E-state index in [0.29, 0.717) is 0 Å². The summed E-state index contributed by atoms with van der Waals surface area (Å²) in [4.78, 5) is 0. The first-order chi connectivity index (χ1) is 4.31. The van der Waals surface area contributed by atoms with Crippen LogP contribution < -0.4 is 0 Å². The summed E-state index contributed by atoms with van der Waals surface area (Å²) in [5, 5.41) is 0. The molecule has 0 aliphatic carbocycles. The highest BCUT2D eigenvalue weighted by Crippen LogP contribution is 1.96. The molecule has 0 bridgehead atoms. The molecule has 0 aliphatic heterocycles. The Balaban J connectivity index is 3.45. The number of hydrogen-bond donors (Lipinski definition) is 0. The second-order valence-corrected chi connectivity index (χ2v) is 2.22. The molecule has 0 heteroatoms. The molecular weight excluding hydrogens is 108 g/mol. The van der Waals surface area contributed by atoms with Crippen molar-refractivity contribution in [3.8, 4) is 0 Å². The highest BCUT2D eigenvalue weighted by molar-refractivity contribution is 5.14. The molecule has 0 saturated heterocycles. The van der Waals surface area contributed by atoms with Gasteiger partial charge in [-0.05, 0) is 20.3 Å². The van der Waals surface area contributed by atoms with Gasteiger partial charge in [0.05, 0.1) is 0 Å². The zero-order chi connectivity index (χ0) is 7.11. The monoisotopic (exact) mass is 124 g/mol. The van der Waals surface area contributed by atoms with Crippen molar-refractivity contribution in [2.75, 3.05) is 0 Å². The molecule has 0 fully saturated rings. The van der Waals surface area contributed by atoms with Gasteiger partial charge in [-0.15, -0.1) is 0 Å². The number of unbranched alkanes of at least 4 members (excludes halogenated alkanes) is 1. The van der Waals surface area contributed by atoms with Gasteiger partial charge < -0.3 is 0 Å². The lowest BCUT2D eigenvalue weighted by Gasteiger charge is -1.86. The van der Waals surface area contributed by atoms with Gasteiger partial charge in [0.15, 0.2) is 0 Å². The molecule has 0 N–H and O–H groups in total. The molecule has 52 valence electrons. The number of allylic oxidation sites excluding steroid dienone is 4. The van der Waals surface area contributed by atoms with Gasteiger partial charge >= 0.3 is 0 Å². The average Bonchev–Trinajstić information content (AvgIpc) is 1.89. The van der Waals surface area contributed by atoms with Crippen LogP contribution in [-0.4, -0.2) is 0 Å². The first kappa shape index (κ1) is 8.48. The Morgan fingerprint density at radius 1 is 1.44 bits per heavy atom. The minimum Gasteiger partial charge on any atom is -0.0847 e. The Labute approximate surface area is 58.3 Å². The molecular formula is C9H16. The molecule has 0 amide bonds. The summed E-state index contributed by atoms with van der Waals surface area (Å²) >= 11 is 0. The Morgan fingerprint density at radius 2 is 2.11 bits per heavy atom. The first-order valence-electron chi connectivity index (χ1n) is 3.60. The zero-order valence-electron chi connectivity index (χ0n) is 6.65. The third-order valence-corrected chi connectivity index (χ3v) is 1.29. The molecule has 0 spiro atoms. The fourth-order valence-electron chi connectivity index (χ4n) is 0.532. The first-order valence-corrected chi connectivity index (χ1v) is 3.60. The molecule has 0 nitrogen and oxygen atoms in total. The van der Waals surface area contributed by atoms with Crippen molar-refractivity contribution < 1.29 is 0 Å². The van der Waals surface area contributed by atoms with E-state index < -0.39 is 0 Å². The molecule has 0 rings (SSSR count). The van der Waals surface area contributed by atoms with Gasteiger partial charge in [0.1, 0.15) is 0 Å². The van der Waals surface area contributed by atoms with E-state index in [-0.39, 0.29) is 0 Å². The van der Waals surface area contributed by atoms with Crippen LogP contribution in [-0.2, 0) is 0 Å². The van der Waals surface area contributed by atoms with Gasteiger partial charge in [0, 0.05) is 0 Å². The average molecular weight is 124 g/mol. The van der Waals surface area contributed by atoms with Crippen molar-refractivity contribution in [2.45, 2.75) is 33.6 Å². The number of hydrogen-bond acceptors (Lipinski definition) is 0. The maximum absolute atomic E-state index is 2.22. The smallest absolute Gasteiger partial charge is 0.0350 e. The predicted octanol–water partition coefficient (Wildman–Crippen LogP) is 3.31. The summed E-state index contributed by atoms with van der Waals surface area (Å²) in [6.07, 6.45) is 8.95. The van der Waals surface area contributed by atoms with Crippen molar-refractivity contribution in [1.29, 1.82) is 0 Å². The Morgan fingerprint density at radius 3 is 2.56 bits per heavy atom. The quantitative estimate of drug-likeness (QED) is 0.506. The van der Waals surface area contributed by atoms with Gasteiger partial charge in [-0.2, -0.15) is 0 Å². The summed E-state index contributed by atoms with van der Waals surface area (Å²) < 4.78 is 0. The van der Waals surface area contributed by atoms with E-state index in [2.05, 4.69) is 39.0 Å². The van der Waals surface area contributed by atoms with Crippen molar-refractivity contribution in [3.05, 3.63) is 23.8 Å². The predicted molar refractivity (Wildman–Crippen MR) is 43.5 cm³/mol. The summed E-state index contributed by atoms with van der Waals surface area (Å²) in [5.41, 5.74) is 1.35. The fraction of sp³-hybridized carbons (Fsp3) is 0.556. The Kier molecular flexibility index (Phi) is 5.29. The largest absolute Gasteiger partial charge is 0.0847 e. The van der Waals surface area contributed by atoms with Gasteiger partial charge in [-0.3, -0.25) is 0 Å². The van der Waals surface area contributed by atoms with E-state index in [1.165, 1.54) is 18.4 Å². The second-order valence-electron chi connectivity index (χ2n) is 2.22. The van der Waals surface area contributed by atoms with E-state index in [4.69, 9.17) is 0 Å². The maximum Gasteiger partial charge on any atom is -0.0350 e. The van der Waals surface area contributed by atoms with Gasteiger partial charge in [0.2, 0.25) is 0 Å². The molecule has 0 heterocycles. The highest BCUT2D eigenvalue weighted by atomic mass is 13.8. The summed E-state index contributed by atoms with van der Waals surface area (Å²) in [7, 11) is 0. The normalized spacial score (nSPS) is 13.0. The standard InChI is InChI=1S/C9H16/c1-4-6-7-8-9(3)5-2/h5,7-8H,4,6H2,1-3H3/b8-7-,9-5-. The fourth-order valence-corrected chi connectivity index (χ4v) is 0.532. The molecule has 0 aromatic heterocycles. The lowest BCUT2D eigenvalue weighted by atomic mass is 10.2. The maximum atomic E-state index is 2.22. The zero-order valence-corrected chi connectivity index (χ0v) is 6.65. The highest BCUT2D eigenvalue weighted by Gasteiger charge is 1.75. The van der Waals surface area contributed by atoms with E-state index in [9.17, 15) is 0 Å². The van der Waals surface area contributed by atoms with E-state index >= 15 is 0 Å². The van der Waals surface area contributed by atoms with Gasteiger partial charge in [-0.25, -0.2) is 0 Å². The van der Waals surface area contributed by atoms with Crippen molar-refractivity contribution >= 4 is 0 Å². The summed E-state index contributed by atoms with van der Waals surface area (Å²) in [6.45, 7) is 6.37. The van der Waals surface area contributed by atoms with Crippen LogP contribution in [0.4, 0.5) is 0 Å². The third kappa shape index (κ3) is 5.35. The van der Waals surface area contributed by atoms with E-state index in [1.807, 2.05) is 0 Å².